The molecule has 1 aliphatic rings. The van der Waals surface area contributed by atoms with Crippen molar-refractivity contribution in [1.29, 1.82) is 0 Å². The summed E-state index contributed by atoms with van der Waals surface area (Å²) in [5.41, 5.74) is 11.1. The number of nitrogens with one attached hydrogen (secondary N) is 1. The van der Waals surface area contributed by atoms with Crippen molar-refractivity contribution in [3.8, 4) is 0 Å². The van der Waals surface area contributed by atoms with Crippen LogP contribution in [0.25, 0.3) is 0 Å². The standard InChI is InChI=1S/C12H19N5O2/c1-12(4-2-3-9(12)13)11(19)16-8-5-15-17(6-8)7-10(14)18/h5-6,9H,2-4,7,13H2,1H3,(H2,14,18)(H,16,19). The Morgan fingerprint density at radius 3 is 2.95 bits per heavy atom. The number of rotatable bonds is 4. The number of aromatic nitrogens is 2. The van der Waals surface area contributed by atoms with E-state index in [2.05, 4.69) is 10.4 Å². The van der Waals surface area contributed by atoms with Crippen molar-refractivity contribution < 1.29 is 9.59 Å². The topological polar surface area (TPSA) is 116 Å². The van der Waals surface area contributed by atoms with Gasteiger partial charge < -0.3 is 16.8 Å². The molecule has 7 nitrogen and oxygen atoms in total. The van der Waals surface area contributed by atoms with E-state index < -0.39 is 11.3 Å². The Kier molecular flexibility index (Phi) is 3.57. The fraction of sp³-hybridized carbons (Fsp3) is 0.583. The third-order valence-corrected chi connectivity index (χ3v) is 3.76. The lowest BCUT2D eigenvalue weighted by atomic mass is 9.84. The highest BCUT2D eigenvalue weighted by Gasteiger charge is 2.43. The van der Waals surface area contributed by atoms with Crippen molar-refractivity contribution in [2.75, 3.05) is 5.32 Å². The van der Waals surface area contributed by atoms with Crippen LogP contribution in [0.3, 0.4) is 0 Å². The summed E-state index contributed by atoms with van der Waals surface area (Å²) < 4.78 is 1.38. The number of amides is 2. The van der Waals surface area contributed by atoms with E-state index in [9.17, 15) is 9.59 Å². The van der Waals surface area contributed by atoms with E-state index in [0.717, 1.165) is 19.3 Å². The number of anilines is 1. The number of hydrogen-bond acceptors (Lipinski definition) is 4. The van der Waals surface area contributed by atoms with Gasteiger partial charge in [-0.05, 0) is 19.8 Å². The highest BCUT2D eigenvalue weighted by molar-refractivity contribution is 5.95. The number of primary amides is 1. The van der Waals surface area contributed by atoms with Gasteiger partial charge in [0.15, 0.2) is 0 Å². The van der Waals surface area contributed by atoms with E-state index in [4.69, 9.17) is 11.5 Å². The van der Waals surface area contributed by atoms with Crippen LogP contribution < -0.4 is 16.8 Å². The second-order valence-electron chi connectivity index (χ2n) is 5.26. The highest BCUT2D eigenvalue weighted by atomic mass is 16.2. The van der Waals surface area contributed by atoms with Crippen LogP contribution >= 0.6 is 0 Å². The zero-order valence-electron chi connectivity index (χ0n) is 10.9. The van der Waals surface area contributed by atoms with Crippen molar-refractivity contribution in [2.45, 2.75) is 38.8 Å². The molecule has 1 saturated carbocycles. The van der Waals surface area contributed by atoms with Crippen molar-refractivity contribution in [3.05, 3.63) is 12.4 Å². The average molecular weight is 265 g/mol. The summed E-state index contributed by atoms with van der Waals surface area (Å²) in [7, 11) is 0. The van der Waals surface area contributed by atoms with Gasteiger partial charge in [-0.3, -0.25) is 14.3 Å². The Morgan fingerprint density at radius 1 is 1.63 bits per heavy atom. The third-order valence-electron chi connectivity index (χ3n) is 3.76. The quantitative estimate of drug-likeness (QED) is 0.700. The molecule has 0 aliphatic heterocycles. The Labute approximate surface area is 111 Å². The van der Waals surface area contributed by atoms with Crippen molar-refractivity contribution in [2.24, 2.45) is 16.9 Å². The molecule has 1 heterocycles. The summed E-state index contributed by atoms with van der Waals surface area (Å²) in [6, 6.07) is -0.117. The van der Waals surface area contributed by atoms with E-state index in [1.165, 1.54) is 10.9 Å². The average Bonchev–Trinajstić information content (AvgIpc) is 2.87. The lowest BCUT2D eigenvalue weighted by Gasteiger charge is -2.27. The lowest BCUT2D eigenvalue weighted by Crippen LogP contribution is -2.44. The maximum Gasteiger partial charge on any atom is 0.239 e. The first-order valence-electron chi connectivity index (χ1n) is 6.29. The minimum atomic E-state index is -0.536. The van der Waals surface area contributed by atoms with Crippen LogP contribution in [0.2, 0.25) is 0 Å². The number of carbonyl (C=O) groups is 2. The number of carbonyl (C=O) groups excluding carboxylic acids is 2. The Bertz CT molecular complexity index is 498. The molecule has 2 amide bonds. The molecule has 1 aromatic rings. The summed E-state index contributed by atoms with van der Waals surface area (Å²) in [6.45, 7) is 1.88. The molecule has 1 aromatic heterocycles. The highest BCUT2D eigenvalue weighted by Crippen LogP contribution is 2.37. The molecule has 0 spiro atoms. The number of nitrogens with zero attached hydrogens (tertiary/aromatic N) is 2. The van der Waals surface area contributed by atoms with Crippen LogP contribution in [-0.4, -0.2) is 27.6 Å². The van der Waals surface area contributed by atoms with E-state index in [1.807, 2.05) is 6.92 Å². The molecule has 2 unspecified atom stereocenters. The predicted octanol–water partition coefficient (Wildman–Crippen LogP) is -0.176. The Hall–Kier alpha value is -1.89. The van der Waals surface area contributed by atoms with Gasteiger partial charge in [0.2, 0.25) is 11.8 Å². The summed E-state index contributed by atoms with van der Waals surface area (Å²) in [4.78, 5) is 23.0. The van der Waals surface area contributed by atoms with Gasteiger partial charge in [0.1, 0.15) is 6.54 Å². The van der Waals surface area contributed by atoms with Gasteiger partial charge in [-0.25, -0.2) is 0 Å². The van der Waals surface area contributed by atoms with Gasteiger partial charge in [0.25, 0.3) is 0 Å². The number of nitrogens with two attached hydrogens (primary N) is 2. The smallest absolute Gasteiger partial charge is 0.239 e. The van der Waals surface area contributed by atoms with Crippen LogP contribution in [0.15, 0.2) is 12.4 Å². The van der Waals surface area contributed by atoms with Crippen LogP contribution in [0, 0.1) is 5.41 Å². The summed E-state index contributed by atoms with van der Waals surface area (Å²) in [6.07, 6.45) is 5.68. The Balaban J connectivity index is 2.03. The van der Waals surface area contributed by atoms with Gasteiger partial charge in [-0.15, -0.1) is 0 Å². The molecule has 1 aliphatic carbocycles. The maximum absolute atomic E-state index is 12.3. The SMILES string of the molecule is CC1(C(=O)Nc2cnn(CC(N)=O)c2)CCCC1N. The van der Waals surface area contributed by atoms with Crippen LogP contribution in [0.4, 0.5) is 5.69 Å². The molecule has 2 atom stereocenters. The lowest BCUT2D eigenvalue weighted by molar-refractivity contribution is -0.125. The van der Waals surface area contributed by atoms with E-state index in [0.29, 0.717) is 5.69 Å². The van der Waals surface area contributed by atoms with Crippen molar-refractivity contribution >= 4 is 17.5 Å². The van der Waals surface area contributed by atoms with Gasteiger partial charge in [0.05, 0.1) is 17.3 Å². The van der Waals surface area contributed by atoms with Gasteiger partial charge in [0, 0.05) is 12.2 Å². The van der Waals surface area contributed by atoms with Gasteiger partial charge in [-0.1, -0.05) is 6.42 Å². The molecule has 0 saturated heterocycles. The maximum atomic E-state index is 12.3. The first-order valence-corrected chi connectivity index (χ1v) is 6.29. The minimum absolute atomic E-state index is 0.00729. The molecule has 104 valence electrons. The molecular formula is C12H19N5O2. The molecule has 7 heteroatoms. The molecule has 0 radical (unpaired) electrons. The van der Waals surface area contributed by atoms with Gasteiger partial charge in [-0.2, -0.15) is 5.10 Å². The Morgan fingerprint density at radius 2 is 2.37 bits per heavy atom. The molecule has 2 rings (SSSR count). The van der Waals surface area contributed by atoms with Crippen LogP contribution in [-0.2, 0) is 16.1 Å². The molecular weight excluding hydrogens is 246 g/mol. The number of hydrogen-bond donors (Lipinski definition) is 3. The van der Waals surface area contributed by atoms with Gasteiger partial charge >= 0.3 is 0 Å². The molecule has 0 aromatic carbocycles. The summed E-state index contributed by atoms with van der Waals surface area (Å²) in [5, 5.41) is 6.74. The first kappa shape index (κ1) is 13.5. The third kappa shape index (κ3) is 2.76. The van der Waals surface area contributed by atoms with Crippen LogP contribution in [0.5, 0.6) is 0 Å². The monoisotopic (exact) mass is 265 g/mol. The van der Waals surface area contributed by atoms with E-state index in [1.54, 1.807) is 6.20 Å². The zero-order valence-corrected chi connectivity index (χ0v) is 10.9. The summed E-state index contributed by atoms with van der Waals surface area (Å²) in [5.74, 6) is -0.582. The minimum Gasteiger partial charge on any atom is -0.368 e. The van der Waals surface area contributed by atoms with E-state index >= 15 is 0 Å². The fourth-order valence-corrected chi connectivity index (χ4v) is 2.42. The zero-order chi connectivity index (χ0) is 14.0. The first-order chi connectivity index (χ1) is 8.91. The van der Waals surface area contributed by atoms with Crippen molar-refractivity contribution in [1.82, 2.24) is 9.78 Å². The second-order valence-corrected chi connectivity index (χ2v) is 5.26. The fourth-order valence-electron chi connectivity index (χ4n) is 2.42. The molecule has 1 fully saturated rings. The predicted molar refractivity (Wildman–Crippen MR) is 70.0 cm³/mol. The normalized spacial score (nSPS) is 26.3. The molecule has 19 heavy (non-hydrogen) atoms. The molecule has 0 bridgehead atoms. The molecule has 5 N–H and O–H groups in total. The van der Waals surface area contributed by atoms with Crippen molar-refractivity contribution in [3.63, 3.8) is 0 Å². The van der Waals surface area contributed by atoms with Crippen LogP contribution in [0.1, 0.15) is 26.2 Å². The largest absolute Gasteiger partial charge is 0.368 e. The van der Waals surface area contributed by atoms with E-state index in [-0.39, 0.29) is 18.5 Å². The second kappa shape index (κ2) is 5.00. The summed E-state index contributed by atoms with van der Waals surface area (Å²) >= 11 is 0.